The standard InChI is InChI=1S/C21H30N2O5/c1-6-13(2)17(19(25)26)22-18(24)16-11-14-9-7-8-10-15(14)12-23(16)20(27)28-21(3,4)5/h7-10,13,16-17H,6,11-12H2,1-5H3,(H,22,24)(H,25,26)/t13-,16-,17-/m0/s1. The van der Waals surface area contributed by atoms with Crippen LogP contribution in [-0.2, 0) is 27.3 Å². The van der Waals surface area contributed by atoms with Crippen LogP contribution in [0.4, 0.5) is 4.79 Å². The number of ether oxygens (including phenoxy) is 1. The first-order valence-electron chi connectivity index (χ1n) is 9.63. The number of carbonyl (C=O) groups is 3. The zero-order valence-electron chi connectivity index (χ0n) is 17.2. The third kappa shape index (κ3) is 5.24. The molecule has 0 radical (unpaired) electrons. The van der Waals surface area contributed by atoms with Crippen LogP contribution in [-0.4, -0.2) is 45.7 Å². The highest BCUT2D eigenvalue weighted by molar-refractivity contribution is 5.90. The van der Waals surface area contributed by atoms with Gasteiger partial charge in [-0.25, -0.2) is 9.59 Å². The number of carbonyl (C=O) groups excluding carboxylic acids is 2. The summed E-state index contributed by atoms with van der Waals surface area (Å²) in [6.45, 7) is 9.19. The van der Waals surface area contributed by atoms with Crippen molar-refractivity contribution in [1.29, 1.82) is 0 Å². The number of hydrogen-bond acceptors (Lipinski definition) is 4. The number of rotatable bonds is 5. The highest BCUT2D eigenvalue weighted by Crippen LogP contribution is 2.26. The van der Waals surface area contributed by atoms with Crippen molar-refractivity contribution in [3.63, 3.8) is 0 Å². The second-order valence-corrected chi connectivity index (χ2v) is 8.31. The number of fused-ring (bicyclic) bond motifs is 1. The molecule has 0 spiro atoms. The first-order chi connectivity index (χ1) is 13.0. The SMILES string of the molecule is CC[C@H](C)[C@H](NC(=O)[C@@H]1Cc2ccccc2CN1C(=O)OC(C)(C)C)C(=O)O. The molecule has 154 valence electrons. The zero-order valence-corrected chi connectivity index (χ0v) is 17.2. The quantitative estimate of drug-likeness (QED) is 0.806. The van der Waals surface area contributed by atoms with E-state index in [0.717, 1.165) is 11.1 Å². The summed E-state index contributed by atoms with van der Waals surface area (Å²) in [6.07, 6.45) is 0.340. The lowest BCUT2D eigenvalue weighted by Crippen LogP contribution is -2.57. The van der Waals surface area contributed by atoms with Gasteiger partial charge in [0.05, 0.1) is 6.54 Å². The molecule has 7 nitrogen and oxygen atoms in total. The van der Waals surface area contributed by atoms with Crippen LogP contribution in [0.1, 0.15) is 52.2 Å². The summed E-state index contributed by atoms with van der Waals surface area (Å²) in [6, 6.07) is 5.78. The first kappa shape index (κ1) is 21.7. The second-order valence-electron chi connectivity index (χ2n) is 8.31. The van der Waals surface area contributed by atoms with Crippen molar-refractivity contribution in [3.05, 3.63) is 35.4 Å². The maximum atomic E-state index is 13.0. The lowest BCUT2D eigenvalue weighted by molar-refractivity contribution is -0.144. The van der Waals surface area contributed by atoms with Gasteiger partial charge >= 0.3 is 12.1 Å². The third-order valence-electron chi connectivity index (χ3n) is 4.96. The Kier molecular flexibility index (Phi) is 6.69. The Labute approximate surface area is 166 Å². The van der Waals surface area contributed by atoms with Crippen molar-refractivity contribution >= 4 is 18.0 Å². The molecule has 1 heterocycles. The maximum absolute atomic E-state index is 13.0. The van der Waals surface area contributed by atoms with Gasteiger partial charge in [-0.05, 0) is 37.8 Å². The summed E-state index contributed by atoms with van der Waals surface area (Å²) < 4.78 is 5.48. The number of nitrogens with zero attached hydrogens (tertiary/aromatic N) is 1. The molecule has 0 saturated carbocycles. The van der Waals surface area contributed by atoms with Crippen LogP contribution in [0.5, 0.6) is 0 Å². The number of carboxylic acids is 1. The Morgan fingerprint density at radius 2 is 1.86 bits per heavy atom. The summed E-state index contributed by atoms with van der Waals surface area (Å²) in [5.41, 5.74) is 1.22. The summed E-state index contributed by atoms with van der Waals surface area (Å²) >= 11 is 0. The molecule has 0 fully saturated rings. The van der Waals surface area contributed by atoms with Crippen LogP contribution in [0.25, 0.3) is 0 Å². The number of benzene rings is 1. The van der Waals surface area contributed by atoms with E-state index in [1.807, 2.05) is 31.2 Å². The molecular weight excluding hydrogens is 360 g/mol. The molecule has 2 amide bonds. The van der Waals surface area contributed by atoms with E-state index < -0.39 is 35.7 Å². The predicted octanol–water partition coefficient (Wildman–Crippen LogP) is 2.96. The molecule has 3 atom stereocenters. The molecule has 2 N–H and O–H groups in total. The van der Waals surface area contributed by atoms with Gasteiger partial charge in [0.2, 0.25) is 5.91 Å². The van der Waals surface area contributed by atoms with Crippen LogP contribution in [0.15, 0.2) is 24.3 Å². The van der Waals surface area contributed by atoms with Crippen molar-refractivity contribution in [2.75, 3.05) is 0 Å². The first-order valence-corrected chi connectivity index (χ1v) is 9.63. The molecule has 1 aliphatic rings. The van der Waals surface area contributed by atoms with Gasteiger partial charge in [-0.3, -0.25) is 9.69 Å². The molecule has 0 bridgehead atoms. The van der Waals surface area contributed by atoms with Gasteiger partial charge in [0.1, 0.15) is 17.7 Å². The van der Waals surface area contributed by atoms with E-state index in [2.05, 4.69) is 5.32 Å². The van der Waals surface area contributed by atoms with Gasteiger partial charge in [-0.2, -0.15) is 0 Å². The number of hydrogen-bond donors (Lipinski definition) is 2. The molecule has 28 heavy (non-hydrogen) atoms. The minimum absolute atomic E-state index is 0.229. The normalized spacial score (nSPS) is 18.6. The van der Waals surface area contributed by atoms with Gasteiger partial charge in [0.25, 0.3) is 0 Å². The summed E-state index contributed by atoms with van der Waals surface area (Å²) in [4.78, 5) is 38.7. The molecule has 1 aromatic rings. The van der Waals surface area contributed by atoms with Crippen molar-refractivity contribution in [2.24, 2.45) is 5.92 Å². The lowest BCUT2D eigenvalue weighted by Gasteiger charge is -2.37. The third-order valence-corrected chi connectivity index (χ3v) is 4.96. The topological polar surface area (TPSA) is 95.9 Å². The van der Waals surface area contributed by atoms with Crippen molar-refractivity contribution in [2.45, 2.75) is 71.7 Å². The van der Waals surface area contributed by atoms with Crippen LogP contribution in [0.2, 0.25) is 0 Å². The molecule has 0 aliphatic carbocycles. The fourth-order valence-corrected chi connectivity index (χ4v) is 3.20. The monoisotopic (exact) mass is 390 g/mol. The van der Waals surface area contributed by atoms with E-state index in [0.29, 0.717) is 12.8 Å². The Balaban J connectivity index is 2.29. The average Bonchev–Trinajstić information content (AvgIpc) is 2.62. The van der Waals surface area contributed by atoms with E-state index in [9.17, 15) is 19.5 Å². The smallest absolute Gasteiger partial charge is 0.411 e. The molecule has 0 aromatic heterocycles. The van der Waals surface area contributed by atoms with E-state index in [4.69, 9.17) is 4.74 Å². The van der Waals surface area contributed by atoms with Gasteiger partial charge in [-0.15, -0.1) is 0 Å². The molecule has 2 rings (SSSR count). The molecule has 1 aromatic carbocycles. The largest absolute Gasteiger partial charge is 0.480 e. The van der Waals surface area contributed by atoms with Crippen molar-refractivity contribution in [1.82, 2.24) is 10.2 Å². The maximum Gasteiger partial charge on any atom is 0.411 e. The van der Waals surface area contributed by atoms with E-state index in [1.165, 1.54) is 4.90 Å². The van der Waals surface area contributed by atoms with E-state index in [1.54, 1.807) is 27.7 Å². The molecule has 7 heteroatoms. The zero-order chi connectivity index (χ0) is 21.1. The molecule has 0 saturated heterocycles. The highest BCUT2D eigenvalue weighted by atomic mass is 16.6. The van der Waals surface area contributed by atoms with Crippen LogP contribution in [0.3, 0.4) is 0 Å². The minimum Gasteiger partial charge on any atom is -0.480 e. The van der Waals surface area contributed by atoms with Gasteiger partial charge in [0, 0.05) is 6.42 Å². The fraction of sp³-hybridized carbons (Fsp3) is 0.571. The van der Waals surface area contributed by atoms with Gasteiger partial charge in [-0.1, -0.05) is 44.5 Å². The second kappa shape index (κ2) is 8.63. The minimum atomic E-state index is -1.08. The van der Waals surface area contributed by atoms with E-state index in [-0.39, 0.29) is 12.5 Å². The Morgan fingerprint density at radius 1 is 1.25 bits per heavy atom. The summed E-state index contributed by atoms with van der Waals surface area (Å²) in [5.74, 6) is -1.79. The Morgan fingerprint density at radius 3 is 2.39 bits per heavy atom. The fourth-order valence-electron chi connectivity index (χ4n) is 3.20. The Bertz CT molecular complexity index is 741. The van der Waals surface area contributed by atoms with Crippen molar-refractivity contribution < 1.29 is 24.2 Å². The van der Waals surface area contributed by atoms with Crippen LogP contribution < -0.4 is 5.32 Å². The number of amides is 2. The number of aliphatic carboxylic acids is 1. The predicted molar refractivity (Wildman–Crippen MR) is 105 cm³/mol. The Hall–Kier alpha value is -2.57. The molecular formula is C21H30N2O5. The van der Waals surface area contributed by atoms with Gasteiger partial charge in [0.15, 0.2) is 0 Å². The lowest BCUT2D eigenvalue weighted by atomic mass is 9.93. The highest BCUT2D eigenvalue weighted by Gasteiger charge is 2.38. The van der Waals surface area contributed by atoms with Gasteiger partial charge < -0.3 is 15.2 Å². The summed E-state index contributed by atoms with van der Waals surface area (Å²) in [5, 5.41) is 12.1. The van der Waals surface area contributed by atoms with Crippen LogP contribution in [0, 0.1) is 5.92 Å². The number of nitrogens with one attached hydrogen (secondary N) is 1. The van der Waals surface area contributed by atoms with Crippen LogP contribution >= 0.6 is 0 Å². The molecule has 1 aliphatic heterocycles. The van der Waals surface area contributed by atoms with E-state index >= 15 is 0 Å². The summed E-state index contributed by atoms with van der Waals surface area (Å²) in [7, 11) is 0. The van der Waals surface area contributed by atoms with Crippen molar-refractivity contribution in [3.8, 4) is 0 Å². The average molecular weight is 390 g/mol. The molecule has 0 unspecified atom stereocenters. The number of carboxylic acid groups (broad SMARTS) is 1.